The summed E-state index contributed by atoms with van der Waals surface area (Å²) in [5.41, 5.74) is 0.509. The van der Waals surface area contributed by atoms with Crippen molar-refractivity contribution in [3.8, 4) is 0 Å². The topological polar surface area (TPSA) is 145 Å². The Balaban J connectivity index is 2.01. The fourth-order valence-corrected chi connectivity index (χ4v) is 2.01. The Hall–Kier alpha value is -3.24. The zero-order chi connectivity index (χ0) is 17.1. The van der Waals surface area contributed by atoms with Gasteiger partial charge in [0.15, 0.2) is 5.69 Å². The Morgan fingerprint density at radius 2 is 2.17 bits per heavy atom. The Bertz CT molecular complexity index is 777. The van der Waals surface area contributed by atoms with Gasteiger partial charge in [0.1, 0.15) is 0 Å². The molecule has 122 valence electrons. The monoisotopic (exact) mass is 322 g/mol. The van der Waals surface area contributed by atoms with Crippen molar-refractivity contribution < 1.29 is 19.6 Å². The summed E-state index contributed by atoms with van der Waals surface area (Å²) in [7, 11) is 1.45. The summed E-state index contributed by atoms with van der Waals surface area (Å²) >= 11 is 0. The fourth-order valence-electron chi connectivity index (χ4n) is 2.01. The lowest BCUT2D eigenvalue weighted by molar-refractivity contribution is -0.389. The summed E-state index contributed by atoms with van der Waals surface area (Å²) in [6.07, 6.45) is 1.22. The maximum absolute atomic E-state index is 11.9. The van der Waals surface area contributed by atoms with E-state index in [1.807, 2.05) is 0 Å². The molecule has 0 aliphatic rings. The van der Waals surface area contributed by atoms with Crippen LogP contribution in [-0.4, -0.2) is 41.5 Å². The predicted molar refractivity (Wildman–Crippen MR) is 77.0 cm³/mol. The molecule has 0 spiro atoms. The molecule has 0 radical (unpaired) electrons. The number of aromatic carboxylic acids is 1. The van der Waals surface area contributed by atoms with E-state index in [9.17, 15) is 19.7 Å². The molecule has 0 fully saturated rings. The van der Waals surface area contributed by atoms with Gasteiger partial charge in [0.05, 0.1) is 35.3 Å². The molecule has 2 rings (SSSR count). The number of nitrogens with zero attached hydrogens (tertiary/aromatic N) is 5. The molecule has 0 atom stereocenters. The average molecular weight is 322 g/mol. The Morgan fingerprint density at radius 1 is 1.48 bits per heavy atom. The third kappa shape index (κ3) is 3.51. The number of hydrogen-bond acceptors (Lipinski definition) is 6. The van der Waals surface area contributed by atoms with Crippen LogP contribution in [-0.2, 0) is 18.4 Å². The van der Waals surface area contributed by atoms with Gasteiger partial charge in [0.25, 0.3) is 0 Å². The van der Waals surface area contributed by atoms with Gasteiger partial charge in [0, 0.05) is 13.5 Å². The second kappa shape index (κ2) is 6.25. The van der Waals surface area contributed by atoms with E-state index in [1.54, 1.807) is 6.92 Å². The molecule has 0 saturated heterocycles. The molecule has 2 aromatic heterocycles. The highest BCUT2D eigenvalue weighted by Gasteiger charge is 2.19. The number of anilines is 1. The quantitative estimate of drug-likeness (QED) is 0.583. The molecule has 11 heteroatoms. The van der Waals surface area contributed by atoms with E-state index in [0.717, 1.165) is 4.68 Å². The van der Waals surface area contributed by atoms with Gasteiger partial charge in [-0.3, -0.25) is 9.48 Å². The van der Waals surface area contributed by atoms with E-state index >= 15 is 0 Å². The number of carboxylic acid groups (broad SMARTS) is 1. The predicted octanol–water partition coefficient (Wildman–Crippen LogP) is 0.560. The van der Waals surface area contributed by atoms with Gasteiger partial charge in [-0.15, -0.1) is 0 Å². The summed E-state index contributed by atoms with van der Waals surface area (Å²) in [4.78, 5) is 33.0. The Kier molecular flexibility index (Phi) is 4.39. The number of carbonyl (C=O) groups excluding carboxylic acids is 1. The van der Waals surface area contributed by atoms with Gasteiger partial charge in [-0.05, 0) is 11.8 Å². The molecule has 2 N–H and O–H groups in total. The molecular formula is C12H14N6O5. The largest absolute Gasteiger partial charge is 0.476 e. The number of aromatic nitrogens is 4. The highest BCUT2D eigenvalue weighted by molar-refractivity contribution is 5.99. The number of amides is 1. The molecule has 2 heterocycles. The summed E-state index contributed by atoms with van der Waals surface area (Å²) in [5.74, 6) is -1.94. The van der Waals surface area contributed by atoms with Gasteiger partial charge in [0.2, 0.25) is 5.91 Å². The number of aryl methyl sites for hydroxylation is 3. The van der Waals surface area contributed by atoms with Crippen molar-refractivity contribution in [3.63, 3.8) is 0 Å². The first-order valence-electron chi connectivity index (χ1n) is 6.53. The van der Waals surface area contributed by atoms with E-state index < -0.39 is 16.8 Å². The van der Waals surface area contributed by atoms with Crippen LogP contribution in [0, 0.1) is 17.0 Å². The van der Waals surface area contributed by atoms with Gasteiger partial charge in [-0.25, -0.2) is 4.79 Å². The van der Waals surface area contributed by atoms with Crippen LogP contribution in [0.25, 0.3) is 0 Å². The first kappa shape index (κ1) is 16.1. The van der Waals surface area contributed by atoms with Gasteiger partial charge >= 0.3 is 11.8 Å². The van der Waals surface area contributed by atoms with Crippen molar-refractivity contribution in [2.24, 2.45) is 7.05 Å². The second-order valence-corrected chi connectivity index (χ2v) is 4.76. The van der Waals surface area contributed by atoms with Gasteiger partial charge in [-0.1, -0.05) is 0 Å². The molecular weight excluding hydrogens is 308 g/mol. The van der Waals surface area contributed by atoms with Crippen molar-refractivity contribution >= 4 is 23.4 Å². The Labute approximate surface area is 129 Å². The summed E-state index contributed by atoms with van der Waals surface area (Å²) in [5, 5.41) is 29.7. The lowest BCUT2D eigenvalue weighted by Crippen LogP contribution is -2.17. The maximum atomic E-state index is 11.9. The van der Waals surface area contributed by atoms with Crippen LogP contribution in [0.4, 0.5) is 11.5 Å². The van der Waals surface area contributed by atoms with E-state index in [-0.39, 0.29) is 30.2 Å². The minimum atomic E-state index is -1.21. The zero-order valence-corrected chi connectivity index (χ0v) is 12.4. The first-order chi connectivity index (χ1) is 10.8. The molecule has 23 heavy (non-hydrogen) atoms. The molecule has 11 nitrogen and oxygen atoms in total. The highest BCUT2D eigenvalue weighted by Crippen LogP contribution is 2.15. The van der Waals surface area contributed by atoms with E-state index in [4.69, 9.17) is 5.11 Å². The number of rotatable bonds is 6. The summed E-state index contributed by atoms with van der Waals surface area (Å²) in [6, 6.07) is 1.31. The Morgan fingerprint density at radius 3 is 2.74 bits per heavy atom. The van der Waals surface area contributed by atoms with Crippen LogP contribution in [0.1, 0.15) is 22.6 Å². The van der Waals surface area contributed by atoms with Gasteiger partial charge < -0.3 is 20.5 Å². The van der Waals surface area contributed by atoms with Crippen LogP contribution in [0.3, 0.4) is 0 Å². The molecule has 1 amide bonds. The number of carbonyl (C=O) groups is 2. The third-order valence-electron chi connectivity index (χ3n) is 3.12. The molecule has 0 aromatic carbocycles. The number of hydrogen-bond donors (Lipinski definition) is 2. The highest BCUT2D eigenvalue weighted by atomic mass is 16.6. The van der Waals surface area contributed by atoms with Crippen molar-refractivity contribution in [2.45, 2.75) is 19.9 Å². The second-order valence-electron chi connectivity index (χ2n) is 4.76. The normalized spacial score (nSPS) is 10.5. The summed E-state index contributed by atoms with van der Waals surface area (Å²) < 4.78 is 2.48. The maximum Gasteiger partial charge on any atom is 0.390 e. The molecule has 0 saturated carbocycles. The van der Waals surface area contributed by atoms with E-state index in [0.29, 0.717) is 5.69 Å². The van der Waals surface area contributed by atoms with Crippen LogP contribution in [0.15, 0.2) is 12.3 Å². The fraction of sp³-hybridized carbons (Fsp3) is 0.333. The molecule has 0 bridgehead atoms. The molecule has 0 unspecified atom stereocenters. The smallest absolute Gasteiger partial charge is 0.390 e. The van der Waals surface area contributed by atoms with Crippen LogP contribution in [0.5, 0.6) is 0 Å². The van der Waals surface area contributed by atoms with Crippen molar-refractivity contribution in [1.29, 1.82) is 0 Å². The number of nitrogens with one attached hydrogen (secondary N) is 1. The minimum Gasteiger partial charge on any atom is -0.476 e. The lowest BCUT2D eigenvalue weighted by Gasteiger charge is -2.04. The van der Waals surface area contributed by atoms with Crippen LogP contribution < -0.4 is 5.32 Å². The van der Waals surface area contributed by atoms with Crippen molar-refractivity contribution in [3.05, 3.63) is 33.8 Å². The first-order valence-corrected chi connectivity index (χ1v) is 6.53. The molecule has 0 aliphatic heterocycles. The van der Waals surface area contributed by atoms with Gasteiger partial charge in [-0.2, -0.15) is 9.78 Å². The standard InChI is InChI=1S/C12H14N6O5/c1-7-5-9(18(22)23)15-17(7)4-3-10(19)14-8-6-13-16(2)11(8)12(20)21/h5-6H,3-4H2,1-2H3,(H,14,19)(H,20,21). The molecule has 2 aromatic rings. The van der Waals surface area contributed by atoms with E-state index in [2.05, 4.69) is 15.5 Å². The molecule has 0 aliphatic carbocycles. The van der Waals surface area contributed by atoms with Crippen LogP contribution in [0.2, 0.25) is 0 Å². The third-order valence-corrected chi connectivity index (χ3v) is 3.12. The minimum absolute atomic E-state index is 0.0202. The number of carboxylic acids is 1. The average Bonchev–Trinajstić information content (AvgIpc) is 3.00. The van der Waals surface area contributed by atoms with Crippen molar-refractivity contribution in [1.82, 2.24) is 19.6 Å². The summed E-state index contributed by atoms with van der Waals surface area (Å²) in [6.45, 7) is 1.77. The van der Waals surface area contributed by atoms with E-state index in [1.165, 1.54) is 24.0 Å². The van der Waals surface area contributed by atoms with Crippen molar-refractivity contribution in [2.75, 3.05) is 5.32 Å². The zero-order valence-electron chi connectivity index (χ0n) is 12.4. The SMILES string of the molecule is Cc1cc([N+](=O)[O-])nn1CCC(=O)Nc1cnn(C)c1C(=O)O. The number of nitro groups is 1. The lowest BCUT2D eigenvalue weighted by atomic mass is 10.3. The van der Waals surface area contributed by atoms with Crippen LogP contribution >= 0.6 is 0 Å².